The van der Waals surface area contributed by atoms with Crippen LogP contribution in [-0.2, 0) is 14.3 Å². The molecule has 1 aliphatic rings. The smallest absolute Gasteiger partial charge is 0.250 e. The van der Waals surface area contributed by atoms with Crippen molar-refractivity contribution < 1.29 is 19.1 Å². The van der Waals surface area contributed by atoms with E-state index in [0.717, 1.165) is 12.1 Å². The molecule has 25 heavy (non-hydrogen) atoms. The van der Waals surface area contributed by atoms with Gasteiger partial charge in [0.25, 0.3) is 0 Å². The molecule has 0 atom stereocenters. The molecule has 0 saturated carbocycles. The lowest BCUT2D eigenvalue weighted by atomic mass is 9.92. The number of amides is 2. The van der Waals surface area contributed by atoms with Crippen molar-refractivity contribution in [2.75, 3.05) is 37.1 Å². The molecule has 1 aromatic carbocycles. The largest absolute Gasteiger partial charge is 0.490 e. The molecule has 6 nitrogen and oxygen atoms in total. The summed E-state index contributed by atoms with van der Waals surface area (Å²) in [5, 5.41) is 2.76. The number of carbonyl (C=O) groups excluding carboxylic acids is 2. The average Bonchev–Trinajstić information content (AvgIpc) is 2.62. The van der Waals surface area contributed by atoms with E-state index in [-0.39, 0.29) is 18.4 Å². The first-order valence-corrected chi connectivity index (χ1v) is 8.62. The summed E-state index contributed by atoms with van der Waals surface area (Å²) < 4.78 is 10.7. The molecule has 0 aromatic heterocycles. The first kappa shape index (κ1) is 19.2. The van der Waals surface area contributed by atoms with Crippen LogP contribution in [0.5, 0.6) is 5.75 Å². The Kier molecular flexibility index (Phi) is 6.06. The van der Waals surface area contributed by atoms with E-state index < -0.39 is 5.41 Å². The Morgan fingerprint density at radius 2 is 2.12 bits per heavy atom. The fraction of sp³-hybridized carbons (Fsp3) is 0.579. The molecular formula is C19H28N2O4. The van der Waals surface area contributed by atoms with E-state index >= 15 is 0 Å². The van der Waals surface area contributed by atoms with E-state index in [1.165, 1.54) is 7.11 Å². The quantitative estimate of drug-likeness (QED) is 0.858. The highest BCUT2D eigenvalue weighted by Crippen LogP contribution is 2.38. The number of nitrogens with zero attached hydrogens (tertiary/aromatic N) is 1. The van der Waals surface area contributed by atoms with E-state index in [2.05, 4.69) is 19.2 Å². The summed E-state index contributed by atoms with van der Waals surface area (Å²) in [6.45, 7) is 9.00. The minimum atomic E-state index is -0.602. The third-order valence-electron chi connectivity index (χ3n) is 4.15. The van der Waals surface area contributed by atoms with Crippen LogP contribution >= 0.6 is 0 Å². The van der Waals surface area contributed by atoms with Gasteiger partial charge in [-0.1, -0.05) is 13.8 Å². The maximum Gasteiger partial charge on any atom is 0.250 e. The highest BCUT2D eigenvalue weighted by Gasteiger charge is 2.37. The Balaban J connectivity index is 2.32. The minimum Gasteiger partial charge on any atom is -0.490 e. The fourth-order valence-corrected chi connectivity index (χ4v) is 2.66. The van der Waals surface area contributed by atoms with Gasteiger partial charge in [-0.2, -0.15) is 0 Å². The van der Waals surface area contributed by atoms with E-state index in [4.69, 9.17) is 9.47 Å². The van der Waals surface area contributed by atoms with Gasteiger partial charge >= 0.3 is 0 Å². The van der Waals surface area contributed by atoms with Gasteiger partial charge in [0.15, 0.2) is 0 Å². The molecule has 6 heteroatoms. The molecule has 0 unspecified atom stereocenters. The van der Waals surface area contributed by atoms with Crippen LogP contribution in [0.3, 0.4) is 0 Å². The number of carbonyl (C=O) groups is 2. The lowest BCUT2D eigenvalue weighted by Crippen LogP contribution is -2.42. The standard InChI is InChI=1S/C19H28N2O4/c1-13(2)8-9-21-15-7-6-14(20-17(22)11-24-5)10-16(15)25-12-19(3,4)18(21)23/h6-7,10,13H,8-9,11-12H2,1-5H3,(H,20,22). The SMILES string of the molecule is COCC(=O)Nc1ccc2c(c1)OCC(C)(C)C(=O)N2CCC(C)C. The summed E-state index contributed by atoms with van der Waals surface area (Å²) >= 11 is 0. The Morgan fingerprint density at radius 1 is 1.40 bits per heavy atom. The first-order chi connectivity index (χ1) is 11.7. The van der Waals surface area contributed by atoms with Crippen LogP contribution in [-0.4, -0.2) is 38.7 Å². The summed E-state index contributed by atoms with van der Waals surface area (Å²) in [4.78, 5) is 26.5. The number of methoxy groups -OCH3 is 1. The topological polar surface area (TPSA) is 67.9 Å². The van der Waals surface area contributed by atoms with Crippen molar-refractivity contribution in [2.24, 2.45) is 11.3 Å². The van der Waals surface area contributed by atoms with Gasteiger partial charge in [0.1, 0.15) is 19.0 Å². The van der Waals surface area contributed by atoms with E-state index in [1.807, 2.05) is 24.8 Å². The lowest BCUT2D eigenvalue weighted by Gasteiger charge is -2.28. The molecule has 0 saturated heterocycles. The zero-order chi connectivity index (χ0) is 18.6. The molecular weight excluding hydrogens is 320 g/mol. The molecule has 2 amide bonds. The number of nitrogens with one attached hydrogen (secondary N) is 1. The third-order valence-corrected chi connectivity index (χ3v) is 4.15. The Labute approximate surface area is 149 Å². The average molecular weight is 348 g/mol. The van der Waals surface area contributed by atoms with Crippen LogP contribution in [0.25, 0.3) is 0 Å². The van der Waals surface area contributed by atoms with Gasteiger partial charge in [0.2, 0.25) is 11.8 Å². The van der Waals surface area contributed by atoms with Crippen molar-refractivity contribution in [2.45, 2.75) is 34.1 Å². The van der Waals surface area contributed by atoms with Crippen LogP contribution in [0.4, 0.5) is 11.4 Å². The van der Waals surface area contributed by atoms with Gasteiger partial charge < -0.3 is 19.7 Å². The number of ether oxygens (including phenoxy) is 2. The Hall–Kier alpha value is -2.08. The van der Waals surface area contributed by atoms with E-state index in [1.54, 1.807) is 12.1 Å². The van der Waals surface area contributed by atoms with Crippen molar-refractivity contribution in [3.63, 3.8) is 0 Å². The second-order valence-corrected chi connectivity index (χ2v) is 7.48. The predicted molar refractivity (Wildman–Crippen MR) is 98.0 cm³/mol. The van der Waals surface area contributed by atoms with Gasteiger partial charge in [-0.05, 0) is 38.3 Å². The van der Waals surface area contributed by atoms with Crippen molar-refractivity contribution >= 4 is 23.2 Å². The van der Waals surface area contributed by atoms with Gasteiger partial charge in [-0.25, -0.2) is 0 Å². The van der Waals surface area contributed by atoms with Crippen LogP contribution in [0.15, 0.2) is 18.2 Å². The van der Waals surface area contributed by atoms with Crippen molar-refractivity contribution in [3.8, 4) is 5.75 Å². The highest BCUT2D eigenvalue weighted by atomic mass is 16.5. The van der Waals surface area contributed by atoms with E-state index in [0.29, 0.717) is 30.5 Å². The summed E-state index contributed by atoms with van der Waals surface area (Å²) in [5.74, 6) is 0.932. The molecule has 0 spiro atoms. The molecule has 0 aliphatic carbocycles. The monoisotopic (exact) mass is 348 g/mol. The number of hydrogen-bond donors (Lipinski definition) is 1. The van der Waals surface area contributed by atoms with Crippen LogP contribution in [0.2, 0.25) is 0 Å². The van der Waals surface area contributed by atoms with E-state index in [9.17, 15) is 9.59 Å². The zero-order valence-corrected chi connectivity index (χ0v) is 15.7. The maximum atomic E-state index is 12.9. The number of benzene rings is 1. The van der Waals surface area contributed by atoms with Gasteiger partial charge in [0.05, 0.1) is 11.1 Å². The minimum absolute atomic E-state index is 0.00995. The molecule has 1 aliphatic heterocycles. The van der Waals surface area contributed by atoms with Gasteiger partial charge in [-0.3, -0.25) is 9.59 Å². The second-order valence-electron chi connectivity index (χ2n) is 7.48. The summed E-state index contributed by atoms with van der Waals surface area (Å²) in [6.07, 6.45) is 0.910. The molecule has 1 aromatic rings. The van der Waals surface area contributed by atoms with Crippen LogP contribution in [0, 0.1) is 11.3 Å². The Bertz CT molecular complexity index is 640. The van der Waals surface area contributed by atoms with Crippen molar-refractivity contribution in [1.82, 2.24) is 0 Å². The molecule has 138 valence electrons. The number of hydrogen-bond acceptors (Lipinski definition) is 4. The molecule has 0 fully saturated rings. The second kappa shape index (κ2) is 7.87. The first-order valence-electron chi connectivity index (χ1n) is 8.62. The lowest BCUT2D eigenvalue weighted by molar-refractivity contribution is -0.127. The fourth-order valence-electron chi connectivity index (χ4n) is 2.66. The summed E-state index contributed by atoms with van der Waals surface area (Å²) in [5.41, 5.74) is 0.771. The molecule has 0 bridgehead atoms. The zero-order valence-electron chi connectivity index (χ0n) is 15.7. The normalized spacial score (nSPS) is 16.2. The Morgan fingerprint density at radius 3 is 2.76 bits per heavy atom. The number of rotatable bonds is 6. The van der Waals surface area contributed by atoms with Gasteiger partial charge in [0, 0.05) is 25.4 Å². The van der Waals surface area contributed by atoms with Crippen molar-refractivity contribution in [3.05, 3.63) is 18.2 Å². The molecule has 0 radical (unpaired) electrons. The highest BCUT2D eigenvalue weighted by molar-refractivity contribution is 6.00. The number of fused-ring (bicyclic) bond motifs is 1. The maximum absolute atomic E-state index is 12.9. The van der Waals surface area contributed by atoms with Crippen LogP contribution < -0.4 is 15.0 Å². The molecule has 2 rings (SSSR count). The molecule has 1 N–H and O–H groups in total. The van der Waals surface area contributed by atoms with Gasteiger partial charge in [-0.15, -0.1) is 0 Å². The van der Waals surface area contributed by atoms with Crippen LogP contribution in [0.1, 0.15) is 34.1 Å². The molecule has 1 heterocycles. The van der Waals surface area contributed by atoms with Crippen molar-refractivity contribution in [1.29, 1.82) is 0 Å². The predicted octanol–water partition coefficient (Wildman–Crippen LogP) is 3.07. The third kappa shape index (κ3) is 4.72. The summed E-state index contributed by atoms with van der Waals surface area (Å²) in [7, 11) is 1.47. The number of anilines is 2. The summed E-state index contributed by atoms with van der Waals surface area (Å²) in [6, 6.07) is 5.38.